The van der Waals surface area contributed by atoms with Crippen LogP contribution in [0.1, 0.15) is 32.1 Å². The Morgan fingerprint density at radius 2 is 1.96 bits per heavy atom. The highest BCUT2D eigenvalue weighted by Crippen LogP contribution is 2.39. The Bertz CT molecular complexity index is 647. The monoisotopic (exact) mass is 319 g/mol. The SMILES string of the molecule is CN1C(=O)N(CC(=O)Nc2cnn(C)c2)C(=O)C12CCCCC2. The van der Waals surface area contributed by atoms with Crippen LogP contribution in [0.5, 0.6) is 0 Å². The van der Waals surface area contributed by atoms with Gasteiger partial charge < -0.3 is 10.2 Å². The minimum atomic E-state index is -0.746. The first-order chi connectivity index (χ1) is 10.9. The number of nitrogens with zero attached hydrogens (tertiary/aromatic N) is 4. The van der Waals surface area contributed by atoms with Gasteiger partial charge in [-0.15, -0.1) is 0 Å². The highest BCUT2D eigenvalue weighted by Gasteiger charge is 2.55. The van der Waals surface area contributed by atoms with Crippen molar-refractivity contribution >= 4 is 23.5 Å². The summed E-state index contributed by atoms with van der Waals surface area (Å²) in [6.07, 6.45) is 7.46. The standard InChI is InChI=1S/C15H21N5O3/c1-18-9-11(8-16-18)17-12(21)10-20-13(22)15(19(2)14(20)23)6-4-3-5-7-15/h8-9H,3-7,10H2,1-2H3,(H,17,21). The smallest absolute Gasteiger partial charge is 0.322 e. The zero-order chi connectivity index (χ0) is 16.6. The zero-order valence-corrected chi connectivity index (χ0v) is 13.4. The molecule has 1 aliphatic carbocycles. The van der Waals surface area contributed by atoms with Gasteiger partial charge in [0, 0.05) is 20.3 Å². The third kappa shape index (κ3) is 2.58. The van der Waals surface area contributed by atoms with Crippen LogP contribution in [0.25, 0.3) is 0 Å². The molecule has 3 rings (SSSR count). The first kappa shape index (κ1) is 15.5. The molecule has 8 nitrogen and oxygen atoms in total. The number of aryl methyl sites for hydroxylation is 1. The van der Waals surface area contributed by atoms with E-state index in [1.807, 2.05) is 0 Å². The minimum absolute atomic E-state index is 0.244. The lowest BCUT2D eigenvalue weighted by Gasteiger charge is -2.35. The summed E-state index contributed by atoms with van der Waals surface area (Å²) in [7, 11) is 3.40. The van der Waals surface area contributed by atoms with Gasteiger partial charge in [0.05, 0.1) is 11.9 Å². The van der Waals surface area contributed by atoms with Crippen LogP contribution in [-0.2, 0) is 16.6 Å². The zero-order valence-electron chi connectivity index (χ0n) is 13.4. The fourth-order valence-electron chi connectivity index (χ4n) is 3.50. The molecule has 1 aromatic rings. The van der Waals surface area contributed by atoms with Crippen molar-refractivity contribution in [3.05, 3.63) is 12.4 Å². The third-order valence-corrected chi connectivity index (χ3v) is 4.77. The predicted octanol–water partition coefficient (Wildman–Crippen LogP) is 0.955. The first-order valence-electron chi connectivity index (χ1n) is 7.82. The number of aromatic nitrogens is 2. The van der Waals surface area contributed by atoms with Gasteiger partial charge in [-0.1, -0.05) is 19.3 Å². The predicted molar refractivity (Wildman–Crippen MR) is 82.5 cm³/mol. The molecule has 23 heavy (non-hydrogen) atoms. The molecule has 1 saturated carbocycles. The molecule has 0 unspecified atom stereocenters. The summed E-state index contributed by atoms with van der Waals surface area (Å²) in [5, 5.41) is 6.61. The van der Waals surface area contributed by atoms with E-state index in [0.717, 1.165) is 24.2 Å². The van der Waals surface area contributed by atoms with Gasteiger partial charge in [-0.2, -0.15) is 5.10 Å². The largest absolute Gasteiger partial charge is 0.327 e. The van der Waals surface area contributed by atoms with Crippen LogP contribution in [0.2, 0.25) is 0 Å². The molecular formula is C15H21N5O3. The second-order valence-electron chi connectivity index (χ2n) is 6.28. The molecule has 0 aromatic carbocycles. The fraction of sp³-hybridized carbons (Fsp3) is 0.600. The molecule has 1 aliphatic heterocycles. The molecule has 2 fully saturated rings. The fourth-order valence-corrected chi connectivity index (χ4v) is 3.50. The Morgan fingerprint density at radius 3 is 2.57 bits per heavy atom. The van der Waals surface area contributed by atoms with E-state index in [2.05, 4.69) is 10.4 Å². The van der Waals surface area contributed by atoms with E-state index >= 15 is 0 Å². The summed E-state index contributed by atoms with van der Waals surface area (Å²) in [6.45, 7) is -0.265. The Kier molecular flexibility index (Phi) is 3.83. The molecule has 0 bridgehead atoms. The lowest BCUT2D eigenvalue weighted by atomic mass is 9.81. The van der Waals surface area contributed by atoms with Crippen molar-refractivity contribution in [1.29, 1.82) is 0 Å². The molecule has 8 heteroatoms. The number of nitrogens with one attached hydrogen (secondary N) is 1. The van der Waals surface area contributed by atoms with E-state index in [4.69, 9.17) is 0 Å². The Balaban J connectivity index is 1.71. The van der Waals surface area contributed by atoms with Crippen molar-refractivity contribution < 1.29 is 14.4 Å². The maximum atomic E-state index is 12.8. The maximum absolute atomic E-state index is 12.8. The van der Waals surface area contributed by atoms with E-state index in [1.54, 1.807) is 25.0 Å². The number of imide groups is 1. The van der Waals surface area contributed by atoms with E-state index in [1.165, 1.54) is 11.1 Å². The summed E-state index contributed by atoms with van der Waals surface area (Å²) in [6, 6.07) is -0.391. The number of carbonyl (C=O) groups is 3. The molecule has 4 amide bonds. The van der Waals surface area contributed by atoms with Gasteiger partial charge in [-0.05, 0) is 12.8 Å². The van der Waals surface area contributed by atoms with Gasteiger partial charge in [0.25, 0.3) is 5.91 Å². The number of hydrogen-bond donors (Lipinski definition) is 1. The number of carbonyl (C=O) groups excluding carboxylic acids is 3. The summed E-state index contributed by atoms with van der Waals surface area (Å²) in [4.78, 5) is 39.9. The van der Waals surface area contributed by atoms with Crippen LogP contribution in [-0.4, -0.2) is 56.6 Å². The summed E-state index contributed by atoms with van der Waals surface area (Å²) in [5.41, 5.74) is -0.207. The average Bonchev–Trinajstić information content (AvgIpc) is 3.01. The number of hydrogen-bond acceptors (Lipinski definition) is 4. The van der Waals surface area contributed by atoms with Crippen LogP contribution in [0.15, 0.2) is 12.4 Å². The number of likely N-dealkylation sites (N-methyl/N-ethyl adjacent to an activating group) is 1. The van der Waals surface area contributed by atoms with Crippen molar-refractivity contribution in [2.24, 2.45) is 7.05 Å². The topological polar surface area (TPSA) is 87.5 Å². The van der Waals surface area contributed by atoms with Crippen molar-refractivity contribution in [2.75, 3.05) is 18.9 Å². The average molecular weight is 319 g/mol. The van der Waals surface area contributed by atoms with Crippen LogP contribution >= 0.6 is 0 Å². The molecule has 1 aromatic heterocycles. The van der Waals surface area contributed by atoms with Crippen LogP contribution in [0, 0.1) is 0 Å². The molecule has 0 atom stereocenters. The Morgan fingerprint density at radius 1 is 1.26 bits per heavy atom. The quantitative estimate of drug-likeness (QED) is 0.841. The minimum Gasteiger partial charge on any atom is -0.322 e. The number of urea groups is 1. The summed E-state index contributed by atoms with van der Waals surface area (Å²) in [5.74, 6) is -0.646. The highest BCUT2D eigenvalue weighted by molar-refractivity contribution is 6.10. The maximum Gasteiger partial charge on any atom is 0.327 e. The molecule has 0 radical (unpaired) electrons. The number of anilines is 1. The van der Waals surface area contributed by atoms with Crippen LogP contribution in [0.3, 0.4) is 0 Å². The number of rotatable bonds is 3. The highest BCUT2D eigenvalue weighted by atomic mass is 16.2. The van der Waals surface area contributed by atoms with Gasteiger partial charge in [0.1, 0.15) is 12.1 Å². The normalized spacial score (nSPS) is 20.4. The molecule has 2 heterocycles. The lowest BCUT2D eigenvalue weighted by molar-refractivity contribution is -0.136. The van der Waals surface area contributed by atoms with Crippen LogP contribution < -0.4 is 5.32 Å². The van der Waals surface area contributed by atoms with Crippen molar-refractivity contribution in [1.82, 2.24) is 19.6 Å². The third-order valence-electron chi connectivity index (χ3n) is 4.77. The van der Waals surface area contributed by atoms with Crippen molar-refractivity contribution in [2.45, 2.75) is 37.6 Å². The van der Waals surface area contributed by atoms with Crippen LogP contribution in [0.4, 0.5) is 10.5 Å². The van der Waals surface area contributed by atoms with Gasteiger partial charge in [0.15, 0.2) is 0 Å². The molecule has 2 aliphatic rings. The Labute approximate surface area is 134 Å². The van der Waals surface area contributed by atoms with Gasteiger partial charge in [-0.25, -0.2) is 4.79 Å². The van der Waals surface area contributed by atoms with E-state index in [9.17, 15) is 14.4 Å². The Hall–Kier alpha value is -2.38. The van der Waals surface area contributed by atoms with Gasteiger partial charge >= 0.3 is 6.03 Å². The van der Waals surface area contributed by atoms with Gasteiger partial charge in [0.2, 0.25) is 5.91 Å². The molecule has 1 spiro atoms. The van der Waals surface area contributed by atoms with E-state index < -0.39 is 17.5 Å². The summed E-state index contributed by atoms with van der Waals surface area (Å²) >= 11 is 0. The van der Waals surface area contributed by atoms with Crippen molar-refractivity contribution in [3.63, 3.8) is 0 Å². The molecule has 124 valence electrons. The summed E-state index contributed by atoms with van der Waals surface area (Å²) < 4.78 is 1.56. The molecule has 1 saturated heterocycles. The van der Waals surface area contributed by atoms with E-state index in [-0.39, 0.29) is 12.5 Å². The lowest BCUT2D eigenvalue weighted by Crippen LogP contribution is -2.49. The number of amides is 4. The second kappa shape index (κ2) is 5.68. The second-order valence-corrected chi connectivity index (χ2v) is 6.28. The van der Waals surface area contributed by atoms with E-state index in [0.29, 0.717) is 18.5 Å². The molecule has 1 N–H and O–H groups in total. The van der Waals surface area contributed by atoms with Gasteiger partial charge in [-0.3, -0.25) is 19.2 Å². The van der Waals surface area contributed by atoms with Crippen molar-refractivity contribution in [3.8, 4) is 0 Å². The first-order valence-corrected chi connectivity index (χ1v) is 7.82. The molecular weight excluding hydrogens is 298 g/mol.